The predicted molar refractivity (Wildman–Crippen MR) is 81.7 cm³/mol. The number of benzene rings is 1. The van der Waals surface area contributed by atoms with Crippen molar-refractivity contribution >= 4 is 15.9 Å². The van der Waals surface area contributed by atoms with Gasteiger partial charge in [-0.25, -0.2) is 17.7 Å². The van der Waals surface area contributed by atoms with Crippen molar-refractivity contribution < 1.29 is 13.2 Å². The fraction of sp³-hybridized carbons (Fsp3) is 0.286. The topological polar surface area (TPSA) is 84.3 Å². The van der Waals surface area contributed by atoms with E-state index in [0.29, 0.717) is 12.1 Å². The van der Waals surface area contributed by atoms with E-state index in [1.165, 1.54) is 38.4 Å². The SMILES string of the molecule is CN(C)S(=O)(=O)c1ccc(C(=O)NCc2nccn2C)cc1. The highest BCUT2D eigenvalue weighted by Crippen LogP contribution is 2.14. The zero-order chi connectivity index (χ0) is 16.3. The van der Waals surface area contributed by atoms with Gasteiger partial charge in [-0.15, -0.1) is 0 Å². The minimum absolute atomic E-state index is 0.151. The molecule has 0 aliphatic carbocycles. The fourth-order valence-electron chi connectivity index (χ4n) is 1.82. The van der Waals surface area contributed by atoms with Gasteiger partial charge < -0.3 is 9.88 Å². The number of hydrogen-bond donors (Lipinski definition) is 1. The number of aryl methyl sites for hydroxylation is 1. The number of amides is 1. The molecule has 0 atom stereocenters. The van der Waals surface area contributed by atoms with Crippen LogP contribution in [-0.2, 0) is 23.6 Å². The zero-order valence-corrected chi connectivity index (χ0v) is 13.5. The van der Waals surface area contributed by atoms with E-state index in [-0.39, 0.29) is 10.8 Å². The van der Waals surface area contributed by atoms with Crippen molar-refractivity contribution in [2.24, 2.45) is 7.05 Å². The summed E-state index contributed by atoms with van der Waals surface area (Å²) in [6, 6.07) is 5.82. The molecule has 0 aliphatic heterocycles. The first-order valence-electron chi connectivity index (χ1n) is 6.59. The number of hydrogen-bond acceptors (Lipinski definition) is 4. The molecule has 7 nitrogen and oxygen atoms in total. The van der Waals surface area contributed by atoms with Crippen LogP contribution in [-0.4, -0.2) is 42.3 Å². The number of carbonyl (C=O) groups excluding carboxylic acids is 1. The molecule has 0 aliphatic rings. The van der Waals surface area contributed by atoms with Crippen LogP contribution in [0.15, 0.2) is 41.6 Å². The maximum atomic E-state index is 12.0. The Bertz CT molecular complexity index is 764. The summed E-state index contributed by atoms with van der Waals surface area (Å²) in [5.74, 6) is 0.456. The fourth-order valence-corrected chi connectivity index (χ4v) is 2.72. The van der Waals surface area contributed by atoms with Crippen LogP contribution in [0.5, 0.6) is 0 Å². The molecule has 1 aromatic heterocycles. The third kappa shape index (κ3) is 3.34. The Kier molecular flexibility index (Phi) is 4.62. The first-order valence-corrected chi connectivity index (χ1v) is 8.03. The highest BCUT2D eigenvalue weighted by molar-refractivity contribution is 7.89. The summed E-state index contributed by atoms with van der Waals surface area (Å²) in [6.45, 7) is 0.306. The Morgan fingerprint density at radius 1 is 1.27 bits per heavy atom. The quantitative estimate of drug-likeness (QED) is 0.874. The number of nitrogens with zero attached hydrogens (tertiary/aromatic N) is 3. The molecule has 1 aromatic carbocycles. The molecule has 0 fully saturated rings. The molecular weight excluding hydrogens is 304 g/mol. The summed E-state index contributed by atoms with van der Waals surface area (Å²) >= 11 is 0. The molecule has 1 N–H and O–H groups in total. The van der Waals surface area contributed by atoms with E-state index in [2.05, 4.69) is 10.3 Å². The van der Waals surface area contributed by atoms with Crippen molar-refractivity contribution in [3.05, 3.63) is 48.0 Å². The maximum Gasteiger partial charge on any atom is 0.251 e. The standard InChI is InChI=1S/C14H18N4O3S/c1-17(2)22(20,21)12-6-4-11(5-7-12)14(19)16-10-13-15-8-9-18(13)3/h4-9H,10H2,1-3H3,(H,16,19). The number of carbonyl (C=O) groups is 1. The average molecular weight is 322 g/mol. The van der Waals surface area contributed by atoms with Gasteiger partial charge in [0.05, 0.1) is 11.4 Å². The van der Waals surface area contributed by atoms with E-state index >= 15 is 0 Å². The molecule has 0 saturated heterocycles. The number of sulfonamides is 1. The van der Waals surface area contributed by atoms with Gasteiger partial charge in [-0.2, -0.15) is 0 Å². The van der Waals surface area contributed by atoms with Crippen LogP contribution in [0, 0.1) is 0 Å². The van der Waals surface area contributed by atoms with Gasteiger partial charge in [-0.1, -0.05) is 0 Å². The Balaban J connectivity index is 2.07. The lowest BCUT2D eigenvalue weighted by Crippen LogP contribution is -2.25. The van der Waals surface area contributed by atoms with Crippen LogP contribution in [0.2, 0.25) is 0 Å². The molecule has 1 amide bonds. The second-order valence-electron chi connectivity index (χ2n) is 4.95. The Labute approximate surface area is 129 Å². The van der Waals surface area contributed by atoms with Crippen LogP contribution in [0.25, 0.3) is 0 Å². The molecule has 0 spiro atoms. The minimum atomic E-state index is -3.48. The molecule has 0 unspecified atom stereocenters. The summed E-state index contributed by atoms with van der Waals surface area (Å²) in [4.78, 5) is 16.3. The molecule has 0 bridgehead atoms. The first-order chi connectivity index (χ1) is 10.3. The second-order valence-corrected chi connectivity index (χ2v) is 7.10. The van der Waals surface area contributed by atoms with Crippen molar-refractivity contribution in [1.82, 2.24) is 19.2 Å². The average Bonchev–Trinajstić information content (AvgIpc) is 2.90. The number of rotatable bonds is 5. The number of aromatic nitrogens is 2. The number of imidazole rings is 1. The maximum absolute atomic E-state index is 12.0. The highest BCUT2D eigenvalue weighted by atomic mass is 32.2. The van der Waals surface area contributed by atoms with E-state index in [0.717, 1.165) is 10.1 Å². The summed E-state index contributed by atoms with van der Waals surface area (Å²) in [5, 5.41) is 2.74. The van der Waals surface area contributed by atoms with E-state index in [9.17, 15) is 13.2 Å². The van der Waals surface area contributed by atoms with Crippen molar-refractivity contribution in [2.45, 2.75) is 11.4 Å². The summed E-state index contributed by atoms with van der Waals surface area (Å²) in [7, 11) is 1.28. The molecule has 2 rings (SSSR count). The third-order valence-corrected chi connectivity index (χ3v) is 5.05. The Morgan fingerprint density at radius 3 is 2.41 bits per heavy atom. The lowest BCUT2D eigenvalue weighted by atomic mass is 10.2. The summed E-state index contributed by atoms with van der Waals surface area (Å²) in [6.07, 6.45) is 3.45. The lowest BCUT2D eigenvalue weighted by molar-refractivity contribution is 0.0949. The molecular formula is C14H18N4O3S. The minimum Gasteiger partial charge on any atom is -0.345 e. The molecule has 8 heteroatoms. The van der Waals surface area contributed by atoms with Gasteiger partial charge >= 0.3 is 0 Å². The van der Waals surface area contributed by atoms with Crippen LogP contribution in [0.3, 0.4) is 0 Å². The molecule has 22 heavy (non-hydrogen) atoms. The number of nitrogens with one attached hydrogen (secondary N) is 1. The van der Waals surface area contributed by atoms with Gasteiger partial charge in [0, 0.05) is 39.1 Å². The third-order valence-electron chi connectivity index (χ3n) is 3.22. The van der Waals surface area contributed by atoms with Gasteiger partial charge in [-0.3, -0.25) is 4.79 Å². The molecule has 0 radical (unpaired) electrons. The van der Waals surface area contributed by atoms with Gasteiger partial charge in [0.25, 0.3) is 5.91 Å². The summed E-state index contributed by atoms with van der Waals surface area (Å²) < 4.78 is 26.8. The van der Waals surface area contributed by atoms with Crippen LogP contribution in [0.1, 0.15) is 16.2 Å². The van der Waals surface area contributed by atoms with E-state index in [4.69, 9.17) is 0 Å². The molecule has 0 saturated carbocycles. The van der Waals surface area contributed by atoms with Crippen molar-refractivity contribution in [1.29, 1.82) is 0 Å². The van der Waals surface area contributed by atoms with Gasteiger partial charge in [0.1, 0.15) is 5.82 Å². The Morgan fingerprint density at radius 2 is 1.91 bits per heavy atom. The van der Waals surface area contributed by atoms with Crippen molar-refractivity contribution in [3.8, 4) is 0 Å². The van der Waals surface area contributed by atoms with Crippen LogP contribution >= 0.6 is 0 Å². The monoisotopic (exact) mass is 322 g/mol. The predicted octanol–water partition coefficient (Wildman–Crippen LogP) is 0.600. The second kappa shape index (κ2) is 6.29. The smallest absolute Gasteiger partial charge is 0.251 e. The van der Waals surface area contributed by atoms with Crippen LogP contribution in [0.4, 0.5) is 0 Å². The molecule has 1 heterocycles. The molecule has 118 valence electrons. The van der Waals surface area contributed by atoms with Crippen molar-refractivity contribution in [3.63, 3.8) is 0 Å². The largest absolute Gasteiger partial charge is 0.345 e. The van der Waals surface area contributed by atoms with Gasteiger partial charge in [-0.05, 0) is 24.3 Å². The zero-order valence-electron chi connectivity index (χ0n) is 12.6. The lowest BCUT2D eigenvalue weighted by Gasteiger charge is -2.11. The molecule has 2 aromatic rings. The normalized spacial score (nSPS) is 11.6. The first kappa shape index (κ1) is 16.2. The van der Waals surface area contributed by atoms with E-state index in [1.807, 2.05) is 11.6 Å². The highest BCUT2D eigenvalue weighted by Gasteiger charge is 2.17. The van der Waals surface area contributed by atoms with Gasteiger partial charge in [0.15, 0.2) is 0 Å². The van der Waals surface area contributed by atoms with E-state index in [1.54, 1.807) is 12.4 Å². The van der Waals surface area contributed by atoms with Crippen molar-refractivity contribution in [2.75, 3.05) is 14.1 Å². The van der Waals surface area contributed by atoms with E-state index < -0.39 is 10.0 Å². The van der Waals surface area contributed by atoms with Gasteiger partial charge in [0.2, 0.25) is 10.0 Å². The van der Waals surface area contributed by atoms with Crippen LogP contribution < -0.4 is 5.32 Å². The Hall–Kier alpha value is -2.19. The summed E-state index contributed by atoms with van der Waals surface area (Å²) in [5.41, 5.74) is 0.395.